The van der Waals surface area contributed by atoms with Crippen LogP contribution in [0.1, 0.15) is 31.4 Å². The number of carbonyl (C=O) groups excluding carboxylic acids is 1. The maximum Gasteiger partial charge on any atom is 0.424 e. The van der Waals surface area contributed by atoms with Crippen molar-refractivity contribution in [2.75, 3.05) is 7.11 Å². The Morgan fingerprint density at radius 3 is 2.39 bits per heavy atom. The number of benzene rings is 1. The predicted molar refractivity (Wildman–Crippen MR) is 77.0 cm³/mol. The molecule has 0 saturated heterocycles. The Labute approximate surface area is 132 Å². The molecule has 0 aliphatic heterocycles. The lowest BCUT2D eigenvalue weighted by molar-refractivity contribution is -0.250. The zero-order valence-corrected chi connectivity index (χ0v) is 13.1. The van der Waals surface area contributed by atoms with Crippen molar-refractivity contribution in [2.45, 2.75) is 43.9 Å². The minimum absolute atomic E-state index is 0.0321. The topological polar surface area (TPSA) is 70.3 Å². The fraction of sp³-hybridized carbons (Fsp3) is 0.500. The van der Waals surface area contributed by atoms with Gasteiger partial charge in [0.25, 0.3) is 0 Å². The van der Waals surface area contributed by atoms with Gasteiger partial charge in [-0.1, -0.05) is 32.0 Å². The molecule has 1 N–H and O–H groups in total. The molecule has 0 amide bonds. The van der Waals surface area contributed by atoms with Gasteiger partial charge < -0.3 is 9.84 Å². The van der Waals surface area contributed by atoms with Gasteiger partial charge in [0.15, 0.2) is 6.29 Å². The van der Waals surface area contributed by atoms with Crippen LogP contribution in [0.15, 0.2) is 18.2 Å². The highest BCUT2D eigenvalue weighted by atomic mass is 19.4. The molecule has 0 saturated carbocycles. The number of rotatable bonds is 6. The SMILES string of the molecule is COc1c(CC#N)cccc1C(C)(C)CC(O)(C=O)C(F)(F)F. The van der Waals surface area contributed by atoms with Crippen molar-refractivity contribution in [1.82, 2.24) is 0 Å². The van der Waals surface area contributed by atoms with E-state index >= 15 is 0 Å². The number of halogens is 3. The number of ether oxygens (including phenoxy) is 1. The van der Waals surface area contributed by atoms with Crippen LogP contribution in [-0.2, 0) is 16.6 Å². The standard InChI is InChI=1S/C16H18F3NO3/c1-14(2,9-15(22,10-21)16(17,18)19)12-6-4-5-11(7-8-20)13(12)23-3/h4-6,10,22H,7,9H2,1-3H3. The lowest BCUT2D eigenvalue weighted by Gasteiger charge is -2.35. The highest BCUT2D eigenvalue weighted by molar-refractivity contribution is 5.64. The highest BCUT2D eigenvalue weighted by Crippen LogP contribution is 2.43. The number of nitriles is 1. The molecule has 0 heterocycles. The van der Waals surface area contributed by atoms with Crippen molar-refractivity contribution in [1.29, 1.82) is 5.26 Å². The summed E-state index contributed by atoms with van der Waals surface area (Å²) < 4.78 is 44.2. The van der Waals surface area contributed by atoms with E-state index in [2.05, 4.69) is 0 Å². The Balaban J connectivity index is 3.36. The molecule has 0 aromatic heterocycles. The number of hydrogen-bond acceptors (Lipinski definition) is 4. The molecule has 1 aromatic rings. The number of carbonyl (C=O) groups is 1. The average molecular weight is 329 g/mol. The normalized spacial score (nSPS) is 14.7. The van der Waals surface area contributed by atoms with Crippen molar-refractivity contribution in [3.05, 3.63) is 29.3 Å². The van der Waals surface area contributed by atoms with E-state index in [1.807, 2.05) is 6.07 Å². The molecule has 1 atom stereocenters. The summed E-state index contributed by atoms with van der Waals surface area (Å²) in [6.07, 6.45) is -6.40. The Morgan fingerprint density at radius 1 is 1.35 bits per heavy atom. The Bertz CT molecular complexity index is 620. The third-order valence-electron chi connectivity index (χ3n) is 3.70. The maximum atomic E-state index is 13.0. The van der Waals surface area contributed by atoms with Gasteiger partial charge in [0.1, 0.15) is 5.75 Å². The van der Waals surface area contributed by atoms with Gasteiger partial charge in [0.05, 0.1) is 19.6 Å². The number of alkyl halides is 3. The van der Waals surface area contributed by atoms with Gasteiger partial charge in [-0.25, -0.2) is 0 Å². The Hall–Kier alpha value is -2.07. The number of para-hydroxylation sites is 1. The van der Waals surface area contributed by atoms with E-state index in [9.17, 15) is 23.1 Å². The van der Waals surface area contributed by atoms with E-state index in [-0.39, 0.29) is 12.2 Å². The van der Waals surface area contributed by atoms with E-state index in [0.717, 1.165) is 0 Å². The summed E-state index contributed by atoms with van der Waals surface area (Å²) in [5, 5.41) is 18.5. The van der Waals surface area contributed by atoms with E-state index in [0.29, 0.717) is 11.1 Å². The molecule has 1 rings (SSSR count). The largest absolute Gasteiger partial charge is 0.496 e. The van der Waals surface area contributed by atoms with Crippen molar-refractivity contribution in [3.8, 4) is 11.8 Å². The molecule has 0 aliphatic carbocycles. The molecule has 1 unspecified atom stereocenters. The van der Waals surface area contributed by atoms with Gasteiger partial charge in [0.2, 0.25) is 5.60 Å². The van der Waals surface area contributed by atoms with Gasteiger partial charge in [0, 0.05) is 17.5 Å². The summed E-state index contributed by atoms with van der Waals surface area (Å²) in [4.78, 5) is 10.9. The Morgan fingerprint density at radius 2 is 1.96 bits per heavy atom. The first-order valence-electron chi connectivity index (χ1n) is 6.81. The van der Waals surface area contributed by atoms with Gasteiger partial charge in [-0.3, -0.25) is 4.79 Å². The number of hydrogen-bond donors (Lipinski definition) is 1. The van der Waals surface area contributed by atoms with Crippen LogP contribution in [-0.4, -0.2) is 30.3 Å². The molecule has 4 nitrogen and oxygen atoms in total. The number of methoxy groups -OCH3 is 1. The number of nitrogens with zero attached hydrogens (tertiary/aromatic N) is 1. The first-order valence-corrected chi connectivity index (χ1v) is 6.81. The average Bonchev–Trinajstić information content (AvgIpc) is 2.45. The molecule has 0 spiro atoms. The molecule has 1 aromatic carbocycles. The lowest BCUT2D eigenvalue weighted by Crippen LogP contribution is -2.50. The van der Waals surface area contributed by atoms with Crippen LogP contribution in [0.2, 0.25) is 0 Å². The second-order valence-electron chi connectivity index (χ2n) is 5.93. The monoisotopic (exact) mass is 329 g/mol. The molecule has 23 heavy (non-hydrogen) atoms. The zero-order valence-electron chi connectivity index (χ0n) is 13.1. The Kier molecular flexibility index (Phi) is 5.43. The van der Waals surface area contributed by atoms with E-state index in [1.54, 1.807) is 18.2 Å². The van der Waals surface area contributed by atoms with E-state index in [4.69, 9.17) is 10.00 Å². The van der Waals surface area contributed by atoms with Gasteiger partial charge in [-0.2, -0.15) is 18.4 Å². The molecule has 0 fully saturated rings. The second-order valence-corrected chi connectivity index (χ2v) is 5.93. The molecular weight excluding hydrogens is 311 g/mol. The lowest BCUT2D eigenvalue weighted by atomic mass is 9.74. The predicted octanol–water partition coefficient (Wildman–Crippen LogP) is 2.92. The second kappa shape index (κ2) is 6.59. The molecular formula is C16H18F3NO3. The van der Waals surface area contributed by atoms with Gasteiger partial charge >= 0.3 is 6.18 Å². The van der Waals surface area contributed by atoms with E-state index < -0.39 is 29.9 Å². The quantitative estimate of drug-likeness (QED) is 0.815. The molecule has 0 radical (unpaired) electrons. The van der Waals surface area contributed by atoms with Crippen LogP contribution >= 0.6 is 0 Å². The summed E-state index contributed by atoms with van der Waals surface area (Å²) in [6, 6.07) is 6.75. The van der Waals surface area contributed by atoms with Crippen LogP contribution in [0.4, 0.5) is 13.2 Å². The molecule has 7 heteroatoms. The van der Waals surface area contributed by atoms with Crippen molar-refractivity contribution >= 4 is 6.29 Å². The first kappa shape index (κ1) is 19.0. The van der Waals surface area contributed by atoms with Crippen LogP contribution in [0, 0.1) is 11.3 Å². The highest BCUT2D eigenvalue weighted by Gasteiger charge is 2.56. The maximum absolute atomic E-state index is 13.0. The van der Waals surface area contributed by atoms with Crippen LogP contribution in [0.25, 0.3) is 0 Å². The van der Waals surface area contributed by atoms with Gasteiger partial charge in [-0.05, 0) is 5.41 Å². The molecule has 0 bridgehead atoms. The number of aliphatic hydroxyl groups is 1. The van der Waals surface area contributed by atoms with Crippen LogP contribution < -0.4 is 4.74 Å². The summed E-state index contributed by atoms with van der Waals surface area (Å²) in [5.74, 6) is 0.287. The number of aldehydes is 1. The van der Waals surface area contributed by atoms with Gasteiger partial charge in [-0.15, -0.1) is 0 Å². The molecule has 0 aliphatic rings. The third-order valence-corrected chi connectivity index (χ3v) is 3.70. The summed E-state index contributed by atoms with van der Waals surface area (Å²) in [5.41, 5.74) is -3.76. The minimum Gasteiger partial charge on any atom is -0.496 e. The molecule has 126 valence electrons. The fourth-order valence-electron chi connectivity index (χ4n) is 2.56. The van der Waals surface area contributed by atoms with Crippen molar-refractivity contribution in [3.63, 3.8) is 0 Å². The zero-order chi connectivity index (χ0) is 17.9. The summed E-state index contributed by atoms with van der Waals surface area (Å²) in [6.45, 7) is 2.95. The smallest absolute Gasteiger partial charge is 0.424 e. The first-order chi connectivity index (χ1) is 10.5. The van der Waals surface area contributed by atoms with Crippen molar-refractivity contribution in [2.24, 2.45) is 0 Å². The summed E-state index contributed by atoms with van der Waals surface area (Å²) in [7, 11) is 1.35. The van der Waals surface area contributed by atoms with Crippen LogP contribution in [0.5, 0.6) is 5.75 Å². The summed E-state index contributed by atoms with van der Waals surface area (Å²) >= 11 is 0. The van der Waals surface area contributed by atoms with Crippen LogP contribution in [0.3, 0.4) is 0 Å². The minimum atomic E-state index is -5.08. The third kappa shape index (κ3) is 3.82. The van der Waals surface area contributed by atoms with Crippen molar-refractivity contribution < 1.29 is 27.8 Å². The fourth-order valence-corrected chi connectivity index (χ4v) is 2.56. The van der Waals surface area contributed by atoms with E-state index in [1.165, 1.54) is 21.0 Å².